The maximum Gasteiger partial charge on any atom is 0.230 e. The fourth-order valence-electron chi connectivity index (χ4n) is 3.10. The number of morpholine rings is 1. The molecular weight excluding hydrogens is 294 g/mol. The summed E-state index contributed by atoms with van der Waals surface area (Å²) < 4.78 is 13.7. The normalized spacial score (nSPS) is 22.6. The van der Waals surface area contributed by atoms with Gasteiger partial charge in [0.1, 0.15) is 0 Å². The molecule has 2 aromatic rings. The van der Waals surface area contributed by atoms with Gasteiger partial charge in [-0.2, -0.15) is 5.10 Å². The first-order valence-corrected chi connectivity index (χ1v) is 8.34. The molecule has 1 saturated carbocycles. The minimum Gasteiger partial charge on any atom is -0.424 e. The Morgan fingerprint density at radius 1 is 1.26 bits per heavy atom. The van der Waals surface area contributed by atoms with Crippen molar-refractivity contribution < 1.29 is 9.15 Å². The van der Waals surface area contributed by atoms with Crippen molar-refractivity contribution in [3.05, 3.63) is 29.2 Å². The Bertz CT molecular complexity index is 676. The topological polar surface area (TPSA) is 69.2 Å². The van der Waals surface area contributed by atoms with Gasteiger partial charge in [0.2, 0.25) is 11.8 Å². The quantitative estimate of drug-likeness (QED) is 0.835. The first-order valence-electron chi connectivity index (χ1n) is 8.34. The van der Waals surface area contributed by atoms with Gasteiger partial charge in [0.05, 0.1) is 31.5 Å². The molecule has 1 unspecified atom stereocenters. The Hall–Kier alpha value is -1.73. The highest BCUT2D eigenvalue weighted by atomic mass is 16.5. The molecule has 2 fully saturated rings. The fourth-order valence-corrected chi connectivity index (χ4v) is 3.10. The number of rotatable bonds is 5. The third-order valence-electron chi connectivity index (χ3n) is 4.47. The summed E-state index contributed by atoms with van der Waals surface area (Å²) in [4.78, 5) is 2.32. The average molecular weight is 317 g/mol. The average Bonchev–Trinajstić information content (AvgIpc) is 3.19. The highest BCUT2D eigenvalue weighted by molar-refractivity contribution is 5.06. The van der Waals surface area contributed by atoms with Crippen LogP contribution in [0.1, 0.15) is 41.9 Å². The van der Waals surface area contributed by atoms with Gasteiger partial charge in [0.15, 0.2) is 0 Å². The lowest BCUT2D eigenvalue weighted by atomic mass is 10.2. The SMILES string of the molecule is Cc1cc(C)n(CC2CN(Cc3nnc(C4CC4)o3)CCO2)n1. The van der Waals surface area contributed by atoms with Crippen molar-refractivity contribution in [2.24, 2.45) is 0 Å². The predicted octanol–water partition coefficient (Wildman–Crippen LogP) is 1.66. The highest BCUT2D eigenvalue weighted by Crippen LogP contribution is 2.39. The summed E-state index contributed by atoms with van der Waals surface area (Å²) in [6.45, 7) is 8.08. The fraction of sp³-hybridized carbons (Fsp3) is 0.688. The van der Waals surface area contributed by atoms with Crippen LogP contribution in [0.25, 0.3) is 0 Å². The molecule has 124 valence electrons. The number of aromatic nitrogens is 4. The Labute approximate surface area is 135 Å². The van der Waals surface area contributed by atoms with Crippen molar-refractivity contribution in [2.45, 2.75) is 51.8 Å². The van der Waals surface area contributed by atoms with E-state index in [9.17, 15) is 0 Å². The lowest BCUT2D eigenvalue weighted by molar-refractivity contribution is -0.0426. The zero-order chi connectivity index (χ0) is 15.8. The van der Waals surface area contributed by atoms with Crippen LogP contribution < -0.4 is 0 Å². The standard InChI is InChI=1S/C16H23N5O2/c1-11-7-12(2)21(19-11)9-14-8-20(5-6-22-14)10-15-17-18-16(23-15)13-3-4-13/h7,13-14H,3-6,8-10H2,1-2H3. The van der Waals surface area contributed by atoms with Gasteiger partial charge in [0, 0.05) is 24.7 Å². The van der Waals surface area contributed by atoms with Crippen LogP contribution in [0.4, 0.5) is 0 Å². The Balaban J connectivity index is 1.35. The van der Waals surface area contributed by atoms with E-state index in [0.717, 1.165) is 43.7 Å². The third kappa shape index (κ3) is 3.45. The molecule has 0 radical (unpaired) electrons. The van der Waals surface area contributed by atoms with Gasteiger partial charge >= 0.3 is 0 Å². The second kappa shape index (κ2) is 6.05. The second-order valence-corrected chi connectivity index (χ2v) is 6.65. The Morgan fingerprint density at radius 2 is 2.13 bits per heavy atom. The molecular formula is C16H23N5O2. The number of aryl methyl sites for hydroxylation is 2. The molecule has 0 amide bonds. The van der Waals surface area contributed by atoms with Gasteiger partial charge in [-0.1, -0.05) is 0 Å². The lowest BCUT2D eigenvalue weighted by Crippen LogP contribution is -2.44. The summed E-state index contributed by atoms with van der Waals surface area (Å²) in [6.07, 6.45) is 2.51. The third-order valence-corrected chi connectivity index (χ3v) is 4.47. The molecule has 1 atom stereocenters. The Kier molecular flexibility index (Phi) is 3.90. The molecule has 0 N–H and O–H groups in total. The van der Waals surface area contributed by atoms with E-state index in [1.165, 1.54) is 18.5 Å². The molecule has 3 heterocycles. The van der Waals surface area contributed by atoms with Crippen LogP contribution in [0.2, 0.25) is 0 Å². The summed E-state index contributed by atoms with van der Waals surface area (Å²) in [5.41, 5.74) is 2.22. The van der Waals surface area contributed by atoms with E-state index < -0.39 is 0 Å². The number of hydrogen-bond acceptors (Lipinski definition) is 6. The van der Waals surface area contributed by atoms with Crippen LogP contribution in [0.3, 0.4) is 0 Å². The molecule has 1 aliphatic carbocycles. The van der Waals surface area contributed by atoms with Gasteiger partial charge < -0.3 is 9.15 Å². The largest absolute Gasteiger partial charge is 0.424 e. The van der Waals surface area contributed by atoms with Crippen LogP contribution in [0.5, 0.6) is 0 Å². The molecule has 1 aliphatic heterocycles. The summed E-state index contributed by atoms with van der Waals surface area (Å²) in [5.74, 6) is 2.05. The van der Waals surface area contributed by atoms with E-state index in [4.69, 9.17) is 9.15 Å². The first kappa shape index (κ1) is 14.8. The molecule has 0 aromatic carbocycles. The summed E-state index contributed by atoms with van der Waals surface area (Å²) >= 11 is 0. The summed E-state index contributed by atoms with van der Waals surface area (Å²) in [6, 6.07) is 2.10. The van der Waals surface area contributed by atoms with Crippen LogP contribution in [-0.4, -0.2) is 50.7 Å². The molecule has 0 spiro atoms. The zero-order valence-corrected chi connectivity index (χ0v) is 13.7. The maximum absolute atomic E-state index is 5.90. The Morgan fingerprint density at radius 3 is 2.87 bits per heavy atom. The second-order valence-electron chi connectivity index (χ2n) is 6.65. The zero-order valence-electron chi connectivity index (χ0n) is 13.7. The molecule has 7 nitrogen and oxygen atoms in total. The first-order chi connectivity index (χ1) is 11.2. The molecule has 4 rings (SSSR count). The van der Waals surface area contributed by atoms with E-state index in [0.29, 0.717) is 12.5 Å². The van der Waals surface area contributed by atoms with Gasteiger partial charge in [0.25, 0.3) is 0 Å². The number of ether oxygens (including phenoxy) is 1. The molecule has 23 heavy (non-hydrogen) atoms. The van der Waals surface area contributed by atoms with Crippen molar-refractivity contribution >= 4 is 0 Å². The molecule has 0 bridgehead atoms. The predicted molar refractivity (Wildman–Crippen MR) is 83.0 cm³/mol. The van der Waals surface area contributed by atoms with E-state index in [1.54, 1.807) is 0 Å². The van der Waals surface area contributed by atoms with Gasteiger partial charge in [-0.15, -0.1) is 10.2 Å². The van der Waals surface area contributed by atoms with Crippen molar-refractivity contribution in [3.63, 3.8) is 0 Å². The van der Waals surface area contributed by atoms with Crippen LogP contribution in [-0.2, 0) is 17.8 Å². The van der Waals surface area contributed by atoms with Crippen LogP contribution in [0.15, 0.2) is 10.5 Å². The molecule has 2 aromatic heterocycles. The van der Waals surface area contributed by atoms with Crippen molar-refractivity contribution in [2.75, 3.05) is 19.7 Å². The van der Waals surface area contributed by atoms with Gasteiger partial charge in [-0.25, -0.2) is 0 Å². The monoisotopic (exact) mass is 317 g/mol. The summed E-state index contributed by atoms with van der Waals surface area (Å²) in [7, 11) is 0. The number of nitrogens with zero attached hydrogens (tertiary/aromatic N) is 5. The molecule has 1 saturated heterocycles. The van der Waals surface area contributed by atoms with Crippen molar-refractivity contribution in [3.8, 4) is 0 Å². The smallest absolute Gasteiger partial charge is 0.230 e. The minimum atomic E-state index is 0.146. The van der Waals surface area contributed by atoms with E-state index in [-0.39, 0.29) is 6.10 Å². The van der Waals surface area contributed by atoms with E-state index in [2.05, 4.69) is 33.2 Å². The molecule has 7 heteroatoms. The lowest BCUT2D eigenvalue weighted by Gasteiger charge is -2.32. The van der Waals surface area contributed by atoms with Crippen molar-refractivity contribution in [1.29, 1.82) is 0 Å². The van der Waals surface area contributed by atoms with Crippen LogP contribution in [0, 0.1) is 13.8 Å². The van der Waals surface area contributed by atoms with Crippen LogP contribution >= 0.6 is 0 Å². The van der Waals surface area contributed by atoms with Crippen molar-refractivity contribution in [1.82, 2.24) is 24.9 Å². The summed E-state index contributed by atoms with van der Waals surface area (Å²) in [5, 5.41) is 12.9. The molecule has 2 aliphatic rings. The number of hydrogen-bond donors (Lipinski definition) is 0. The highest BCUT2D eigenvalue weighted by Gasteiger charge is 2.30. The van der Waals surface area contributed by atoms with Gasteiger partial charge in [-0.3, -0.25) is 9.58 Å². The minimum absolute atomic E-state index is 0.146. The maximum atomic E-state index is 5.90. The van der Waals surface area contributed by atoms with Gasteiger partial charge in [-0.05, 0) is 32.8 Å². The van der Waals surface area contributed by atoms with E-state index in [1.807, 2.05) is 11.6 Å². The van der Waals surface area contributed by atoms with E-state index >= 15 is 0 Å².